The minimum Gasteiger partial charge on any atom is -0.399 e. The van der Waals surface area contributed by atoms with Crippen LogP contribution >= 0.6 is 0 Å². The number of hydrogen-bond acceptors (Lipinski definition) is 5. The highest BCUT2D eigenvalue weighted by molar-refractivity contribution is 5.93. The van der Waals surface area contributed by atoms with Gasteiger partial charge in [0.2, 0.25) is 5.91 Å². The smallest absolute Gasteiger partial charge is 0.239 e. The molecule has 6 heteroatoms. The Morgan fingerprint density at radius 2 is 2.14 bits per heavy atom. The van der Waals surface area contributed by atoms with Crippen molar-refractivity contribution in [2.45, 2.75) is 13.8 Å². The van der Waals surface area contributed by atoms with Crippen LogP contribution in [0.15, 0.2) is 24.5 Å². The number of nitrogens with one attached hydrogen (secondary N) is 1. The Morgan fingerprint density at radius 1 is 1.38 bits per heavy atom. The number of carbonyl (C=O) groups is 1. The number of nitrogens with zero attached hydrogens (tertiary/aromatic N) is 3. The summed E-state index contributed by atoms with van der Waals surface area (Å²) >= 11 is 0. The lowest BCUT2D eigenvalue weighted by atomic mass is 10.2. The van der Waals surface area contributed by atoms with E-state index in [2.05, 4.69) is 29.1 Å². The minimum absolute atomic E-state index is 0.0261. The van der Waals surface area contributed by atoms with Crippen molar-refractivity contribution in [3.05, 3.63) is 24.5 Å². The van der Waals surface area contributed by atoms with E-state index in [1.54, 1.807) is 11.0 Å². The molecule has 0 spiro atoms. The van der Waals surface area contributed by atoms with Gasteiger partial charge in [0.1, 0.15) is 12.1 Å². The average molecular weight is 287 g/mol. The highest BCUT2D eigenvalue weighted by Gasteiger charge is 2.12. The van der Waals surface area contributed by atoms with Gasteiger partial charge in [0, 0.05) is 24.7 Å². The zero-order valence-electron chi connectivity index (χ0n) is 12.6. The number of rotatable bonds is 5. The second-order valence-electron chi connectivity index (χ2n) is 5.53. The molecule has 1 heterocycles. The number of aromatic nitrogens is 2. The first-order valence-corrected chi connectivity index (χ1v) is 6.95. The van der Waals surface area contributed by atoms with Gasteiger partial charge in [-0.1, -0.05) is 13.8 Å². The molecular formula is C15H21N5O. The molecular weight excluding hydrogens is 266 g/mol. The van der Waals surface area contributed by atoms with Crippen LogP contribution in [0.25, 0.3) is 10.9 Å². The quantitative estimate of drug-likeness (QED) is 0.813. The van der Waals surface area contributed by atoms with Crippen LogP contribution in [0, 0.1) is 5.92 Å². The van der Waals surface area contributed by atoms with E-state index in [0.717, 1.165) is 10.9 Å². The van der Waals surface area contributed by atoms with Gasteiger partial charge in [0.15, 0.2) is 0 Å². The number of nitrogens with two attached hydrogens (primary N) is 1. The van der Waals surface area contributed by atoms with Crippen molar-refractivity contribution in [2.24, 2.45) is 5.92 Å². The van der Waals surface area contributed by atoms with Crippen molar-refractivity contribution in [3.63, 3.8) is 0 Å². The number of anilines is 2. The Labute approximate surface area is 124 Å². The van der Waals surface area contributed by atoms with Gasteiger partial charge >= 0.3 is 0 Å². The fourth-order valence-electron chi connectivity index (χ4n) is 2.03. The van der Waals surface area contributed by atoms with E-state index in [0.29, 0.717) is 24.0 Å². The molecule has 2 aromatic rings. The molecule has 0 radical (unpaired) electrons. The van der Waals surface area contributed by atoms with Crippen LogP contribution in [0.2, 0.25) is 0 Å². The Bertz CT molecular complexity index is 641. The van der Waals surface area contributed by atoms with Crippen LogP contribution in [0.4, 0.5) is 11.5 Å². The third-order valence-electron chi connectivity index (χ3n) is 3.09. The minimum atomic E-state index is -0.0261. The lowest BCUT2D eigenvalue weighted by Gasteiger charge is -2.19. The fraction of sp³-hybridized carbons (Fsp3) is 0.400. The van der Waals surface area contributed by atoms with Crippen molar-refractivity contribution in [1.82, 2.24) is 15.3 Å². The summed E-state index contributed by atoms with van der Waals surface area (Å²) < 4.78 is 0. The molecule has 2 rings (SSSR count). The number of benzene rings is 1. The van der Waals surface area contributed by atoms with Crippen molar-refractivity contribution in [2.75, 3.05) is 30.8 Å². The second kappa shape index (κ2) is 6.39. The summed E-state index contributed by atoms with van der Waals surface area (Å²) in [5.74, 6) is 1.10. The predicted octanol–water partition coefficient (Wildman–Crippen LogP) is 1.42. The van der Waals surface area contributed by atoms with Crippen LogP contribution in [-0.4, -0.2) is 36.0 Å². The van der Waals surface area contributed by atoms with Crippen LogP contribution in [-0.2, 0) is 4.79 Å². The van der Waals surface area contributed by atoms with Crippen molar-refractivity contribution >= 4 is 28.3 Å². The maximum atomic E-state index is 11.9. The van der Waals surface area contributed by atoms with Crippen molar-refractivity contribution in [1.29, 1.82) is 0 Å². The first-order chi connectivity index (χ1) is 9.97. The second-order valence-corrected chi connectivity index (χ2v) is 5.53. The molecule has 21 heavy (non-hydrogen) atoms. The summed E-state index contributed by atoms with van der Waals surface area (Å²) in [6.07, 6.45) is 1.50. The molecule has 6 nitrogen and oxygen atoms in total. The molecule has 1 amide bonds. The Balaban J connectivity index is 2.17. The monoisotopic (exact) mass is 287 g/mol. The van der Waals surface area contributed by atoms with E-state index in [1.807, 2.05) is 19.2 Å². The Hall–Kier alpha value is -2.37. The van der Waals surface area contributed by atoms with Gasteiger partial charge in [-0.15, -0.1) is 0 Å². The molecule has 0 aliphatic carbocycles. The van der Waals surface area contributed by atoms with Crippen LogP contribution < -0.4 is 16.0 Å². The van der Waals surface area contributed by atoms with Gasteiger partial charge < -0.3 is 16.0 Å². The van der Waals surface area contributed by atoms with Crippen LogP contribution in [0.3, 0.4) is 0 Å². The van der Waals surface area contributed by atoms with Gasteiger partial charge in [-0.25, -0.2) is 9.97 Å². The molecule has 0 unspecified atom stereocenters. The van der Waals surface area contributed by atoms with Gasteiger partial charge in [0.25, 0.3) is 0 Å². The first-order valence-electron chi connectivity index (χ1n) is 6.95. The molecule has 3 N–H and O–H groups in total. The lowest BCUT2D eigenvalue weighted by molar-refractivity contribution is -0.119. The highest BCUT2D eigenvalue weighted by Crippen LogP contribution is 2.23. The number of hydrogen-bond donors (Lipinski definition) is 2. The van der Waals surface area contributed by atoms with Crippen LogP contribution in [0.5, 0.6) is 0 Å². The summed E-state index contributed by atoms with van der Waals surface area (Å²) in [6, 6.07) is 5.48. The van der Waals surface area contributed by atoms with E-state index in [1.165, 1.54) is 6.33 Å². The van der Waals surface area contributed by atoms with E-state index < -0.39 is 0 Å². The average Bonchev–Trinajstić information content (AvgIpc) is 2.44. The van der Waals surface area contributed by atoms with Gasteiger partial charge in [-0.3, -0.25) is 4.79 Å². The third kappa shape index (κ3) is 3.81. The number of amides is 1. The standard InChI is InChI=1S/C15H21N5O/c1-10(2)7-17-14(21)8-20(3)15-12-6-11(16)4-5-13(12)18-9-19-15/h4-6,9-10H,7-8,16H2,1-3H3,(H,17,21). The number of fused-ring (bicyclic) bond motifs is 1. The molecule has 1 aromatic carbocycles. The van der Waals surface area contributed by atoms with Gasteiger partial charge in [-0.2, -0.15) is 0 Å². The number of carbonyl (C=O) groups excluding carboxylic acids is 1. The zero-order valence-corrected chi connectivity index (χ0v) is 12.6. The molecule has 0 saturated heterocycles. The maximum absolute atomic E-state index is 11.9. The molecule has 0 fully saturated rings. The summed E-state index contributed by atoms with van der Waals surface area (Å²) in [5.41, 5.74) is 7.28. The van der Waals surface area contributed by atoms with Crippen LogP contribution in [0.1, 0.15) is 13.8 Å². The summed E-state index contributed by atoms with van der Waals surface area (Å²) in [5, 5.41) is 3.74. The molecule has 1 aromatic heterocycles. The van der Waals surface area contributed by atoms with Gasteiger partial charge in [-0.05, 0) is 24.1 Å². The topological polar surface area (TPSA) is 84.1 Å². The summed E-state index contributed by atoms with van der Waals surface area (Å²) in [7, 11) is 1.83. The summed E-state index contributed by atoms with van der Waals surface area (Å²) in [4.78, 5) is 22.2. The molecule has 0 atom stereocenters. The SMILES string of the molecule is CC(C)CNC(=O)CN(C)c1ncnc2ccc(N)cc12. The Morgan fingerprint density at radius 3 is 2.86 bits per heavy atom. The Kier molecular flexibility index (Phi) is 4.57. The largest absolute Gasteiger partial charge is 0.399 e. The molecule has 0 saturated carbocycles. The third-order valence-corrected chi connectivity index (χ3v) is 3.09. The number of likely N-dealkylation sites (N-methyl/N-ethyl adjacent to an activating group) is 1. The van der Waals surface area contributed by atoms with E-state index in [4.69, 9.17) is 5.73 Å². The number of nitrogen functional groups attached to an aromatic ring is 1. The molecule has 0 bridgehead atoms. The maximum Gasteiger partial charge on any atom is 0.239 e. The predicted molar refractivity (Wildman–Crippen MR) is 85.1 cm³/mol. The van der Waals surface area contributed by atoms with Crippen molar-refractivity contribution in [3.8, 4) is 0 Å². The van der Waals surface area contributed by atoms with Gasteiger partial charge in [0.05, 0.1) is 12.1 Å². The zero-order chi connectivity index (χ0) is 15.4. The summed E-state index contributed by atoms with van der Waals surface area (Å²) in [6.45, 7) is 5.03. The first kappa shape index (κ1) is 15.0. The van der Waals surface area contributed by atoms with E-state index >= 15 is 0 Å². The molecule has 112 valence electrons. The van der Waals surface area contributed by atoms with E-state index in [9.17, 15) is 4.79 Å². The normalized spacial score (nSPS) is 10.9. The molecule has 0 aliphatic heterocycles. The lowest BCUT2D eigenvalue weighted by Crippen LogP contribution is -2.37. The molecule has 0 aliphatic rings. The fourth-order valence-corrected chi connectivity index (χ4v) is 2.03. The highest BCUT2D eigenvalue weighted by atomic mass is 16.2. The van der Waals surface area contributed by atoms with E-state index in [-0.39, 0.29) is 12.5 Å². The van der Waals surface area contributed by atoms with Crippen molar-refractivity contribution < 1.29 is 4.79 Å².